The Morgan fingerprint density at radius 2 is 1.69 bits per heavy atom. The molecule has 4 aromatic rings. The predicted octanol–water partition coefficient (Wildman–Crippen LogP) is -4.99. The first-order valence-corrected chi connectivity index (χ1v) is 11.4. The number of aliphatic hydroxyl groups is 1. The minimum absolute atomic E-state index is 0. The zero-order valence-corrected chi connectivity index (χ0v) is 21.5. The number of aliphatic hydroxyl groups excluding tert-OH is 1. The van der Waals surface area contributed by atoms with Gasteiger partial charge in [0.1, 0.15) is 30.4 Å². The van der Waals surface area contributed by atoms with Gasteiger partial charge in [-0.2, -0.15) is 4.98 Å². The number of fused-ring (bicyclic) bond motifs is 2. The summed E-state index contributed by atoms with van der Waals surface area (Å²) in [7, 11) is -4.12. The van der Waals surface area contributed by atoms with Gasteiger partial charge in [-0.1, -0.05) is 0 Å². The van der Waals surface area contributed by atoms with Crippen LogP contribution in [0.3, 0.4) is 0 Å². The Bertz CT molecular complexity index is 1300. The maximum atomic E-state index is 11.4. The van der Waals surface area contributed by atoms with E-state index in [0.29, 0.717) is 23.4 Å². The van der Waals surface area contributed by atoms with E-state index in [2.05, 4.69) is 29.9 Å². The molecular formula is C16H22N10NaO7P. The molecule has 7 N–H and O–H groups in total. The molecule has 0 radical (unpaired) electrons. The molecule has 4 aromatic heterocycles. The number of aromatic nitrogens is 8. The Hall–Kier alpha value is -2.47. The van der Waals surface area contributed by atoms with Crippen LogP contribution >= 0.6 is 7.60 Å². The Labute approximate surface area is 219 Å². The Morgan fingerprint density at radius 1 is 0.971 bits per heavy atom. The van der Waals surface area contributed by atoms with Crippen LogP contribution in [-0.2, 0) is 27.3 Å². The third-order valence-electron chi connectivity index (χ3n) is 4.08. The van der Waals surface area contributed by atoms with E-state index in [1.165, 1.54) is 23.5 Å². The van der Waals surface area contributed by atoms with Gasteiger partial charge in [0.15, 0.2) is 17.1 Å². The molecule has 4 heterocycles. The van der Waals surface area contributed by atoms with Gasteiger partial charge in [-0.25, -0.2) is 24.9 Å². The monoisotopic (exact) mass is 520 g/mol. The molecule has 0 amide bonds. The van der Waals surface area contributed by atoms with Crippen LogP contribution in [0.1, 0.15) is 0 Å². The molecule has 0 saturated heterocycles. The third kappa shape index (κ3) is 8.03. The van der Waals surface area contributed by atoms with E-state index in [4.69, 9.17) is 35.8 Å². The Kier molecular flexibility index (Phi) is 10.7. The number of nitrogens with two attached hydrogens (primary N) is 2. The van der Waals surface area contributed by atoms with Gasteiger partial charge in [0.25, 0.3) is 0 Å². The fourth-order valence-electron chi connectivity index (χ4n) is 2.67. The van der Waals surface area contributed by atoms with Crippen molar-refractivity contribution in [3.8, 4) is 5.88 Å². The zero-order chi connectivity index (χ0) is 24.7. The van der Waals surface area contributed by atoms with Gasteiger partial charge in [-0.15, -0.1) is 0 Å². The second-order valence-corrected chi connectivity index (χ2v) is 8.19. The summed E-state index contributed by atoms with van der Waals surface area (Å²) in [4.78, 5) is 40.3. The number of rotatable bonds is 9. The minimum atomic E-state index is -4.12. The molecule has 0 aliphatic carbocycles. The first kappa shape index (κ1) is 28.8. The van der Waals surface area contributed by atoms with Gasteiger partial charge in [-0.05, 0) is 0 Å². The summed E-state index contributed by atoms with van der Waals surface area (Å²) in [5.41, 5.74) is 12.5. The molecule has 0 aliphatic heterocycles. The van der Waals surface area contributed by atoms with Crippen molar-refractivity contribution >= 4 is 41.7 Å². The molecule has 184 valence electrons. The number of imidazole rings is 2. The molecule has 0 unspecified atom stereocenters. The number of hydrogen-bond acceptors (Lipinski definition) is 13. The van der Waals surface area contributed by atoms with Crippen molar-refractivity contribution in [1.82, 2.24) is 39.0 Å². The van der Waals surface area contributed by atoms with Crippen LogP contribution in [0.25, 0.3) is 22.3 Å². The first-order valence-electron chi connectivity index (χ1n) is 9.57. The van der Waals surface area contributed by atoms with E-state index in [1.54, 1.807) is 4.57 Å². The minimum Gasteiger partial charge on any atom is -0.857 e. The van der Waals surface area contributed by atoms with Gasteiger partial charge in [0.05, 0.1) is 32.5 Å². The van der Waals surface area contributed by atoms with Crippen molar-refractivity contribution in [2.75, 3.05) is 37.6 Å². The van der Waals surface area contributed by atoms with E-state index in [9.17, 15) is 9.67 Å². The second kappa shape index (κ2) is 13.0. The van der Waals surface area contributed by atoms with E-state index in [-0.39, 0.29) is 73.4 Å². The average Bonchev–Trinajstić information content (AvgIpc) is 3.37. The summed E-state index contributed by atoms with van der Waals surface area (Å²) in [5, 5.41) is 19.9. The molecule has 0 aliphatic rings. The standard InChI is InChI=1S/C8H12N5O4P.C8H11N5O3.Na/c9-7-6-8(11-3-10-7)13(4-12-6)1-2-17-5-18(14,15)16;9-8-11-6-5(7(15)12-8)10-3-13(6)4-16-2-1-14;/h3-4H,1-2,5H2,(H2,9,10,11)(H2,14,15,16);3,14H,1-2,4H2,(H3,9,11,12,15);/q;;+1/p-1. The molecule has 0 saturated carbocycles. The summed E-state index contributed by atoms with van der Waals surface area (Å²) in [6, 6.07) is 0. The van der Waals surface area contributed by atoms with Gasteiger partial charge >= 0.3 is 37.2 Å². The topological polar surface area (TPSA) is 259 Å². The van der Waals surface area contributed by atoms with Crippen molar-refractivity contribution in [2.24, 2.45) is 0 Å². The number of ether oxygens (including phenoxy) is 2. The average molecular weight is 520 g/mol. The zero-order valence-electron chi connectivity index (χ0n) is 18.6. The Balaban J connectivity index is 0.000000241. The fraction of sp³-hybridized carbons (Fsp3) is 0.375. The van der Waals surface area contributed by atoms with Crippen molar-refractivity contribution in [1.29, 1.82) is 0 Å². The summed E-state index contributed by atoms with van der Waals surface area (Å²) >= 11 is 0. The summed E-state index contributed by atoms with van der Waals surface area (Å²) < 4.78 is 23.7. The van der Waals surface area contributed by atoms with Crippen LogP contribution in [0.15, 0.2) is 19.0 Å². The summed E-state index contributed by atoms with van der Waals surface area (Å²) in [5.74, 6) is -0.320. The van der Waals surface area contributed by atoms with Gasteiger partial charge in [0, 0.05) is 12.4 Å². The Morgan fingerprint density at radius 3 is 2.40 bits per heavy atom. The van der Waals surface area contributed by atoms with Crippen molar-refractivity contribution in [3.63, 3.8) is 0 Å². The van der Waals surface area contributed by atoms with Crippen molar-refractivity contribution in [3.05, 3.63) is 19.0 Å². The number of nitrogens with zero attached hydrogens (tertiary/aromatic N) is 8. The van der Waals surface area contributed by atoms with E-state index in [1.807, 2.05) is 0 Å². The molecule has 0 bridgehead atoms. The van der Waals surface area contributed by atoms with Crippen LogP contribution in [0.2, 0.25) is 0 Å². The molecular weight excluding hydrogens is 498 g/mol. The van der Waals surface area contributed by atoms with Gasteiger partial charge < -0.3 is 45.5 Å². The quantitative estimate of drug-likeness (QED) is 0.0786. The molecule has 0 fully saturated rings. The van der Waals surface area contributed by atoms with Crippen molar-refractivity contribution in [2.45, 2.75) is 13.3 Å². The van der Waals surface area contributed by atoms with Crippen LogP contribution in [0.5, 0.6) is 5.88 Å². The summed E-state index contributed by atoms with van der Waals surface area (Å²) in [6.07, 6.45) is 3.66. The molecule has 19 heteroatoms. The normalized spacial score (nSPS) is 11.3. The van der Waals surface area contributed by atoms with Crippen LogP contribution in [-0.4, -0.2) is 80.1 Å². The number of hydrogen-bond donors (Lipinski definition) is 5. The third-order valence-corrected chi connectivity index (χ3v) is 4.60. The molecule has 0 spiro atoms. The van der Waals surface area contributed by atoms with E-state index in [0.717, 1.165) is 0 Å². The van der Waals surface area contributed by atoms with E-state index < -0.39 is 19.8 Å². The first-order chi connectivity index (χ1) is 16.2. The molecule has 4 rings (SSSR count). The maximum Gasteiger partial charge on any atom is 1.00 e. The largest absolute Gasteiger partial charge is 1.00 e. The molecule has 17 nitrogen and oxygen atoms in total. The summed E-state index contributed by atoms with van der Waals surface area (Å²) in [6.45, 7) is 0.779. The number of nitrogen functional groups attached to an aromatic ring is 2. The van der Waals surface area contributed by atoms with Crippen molar-refractivity contribution < 1.29 is 63.6 Å². The maximum absolute atomic E-state index is 11.4. The van der Waals surface area contributed by atoms with Crippen LogP contribution in [0.4, 0.5) is 11.8 Å². The van der Waals surface area contributed by atoms with Crippen LogP contribution in [0, 0.1) is 0 Å². The van der Waals surface area contributed by atoms with Crippen LogP contribution < -0.4 is 46.1 Å². The SMILES string of the molecule is Nc1nc([O-])c2ncn(COCCO)c2n1.Nc1ncnc2c1ncn2CCOCP(=O)(O)O.[Na+]. The smallest absolute Gasteiger partial charge is 0.857 e. The second-order valence-electron chi connectivity index (χ2n) is 6.61. The van der Waals surface area contributed by atoms with Gasteiger partial charge in [-0.3, -0.25) is 9.13 Å². The molecule has 0 atom stereocenters. The molecule has 35 heavy (non-hydrogen) atoms. The fourth-order valence-corrected chi connectivity index (χ4v) is 3.03. The number of anilines is 2. The van der Waals surface area contributed by atoms with E-state index >= 15 is 0 Å². The van der Waals surface area contributed by atoms with Gasteiger partial charge in [0.2, 0.25) is 5.95 Å². The predicted molar refractivity (Wildman–Crippen MR) is 115 cm³/mol. The molecule has 0 aromatic carbocycles.